The molecule has 7 heteroatoms. The second-order valence-electron chi connectivity index (χ2n) is 5.41. The quantitative estimate of drug-likeness (QED) is 0.749. The molecule has 1 fully saturated rings. The van der Waals surface area contributed by atoms with Gasteiger partial charge in [-0.25, -0.2) is 14.5 Å². The molecule has 0 bridgehead atoms. The molecule has 0 aliphatic carbocycles. The van der Waals surface area contributed by atoms with Crippen molar-refractivity contribution < 1.29 is 29.3 Å². The van der Waals surface area contributed by atoms with Crippen molar-refractivity contribution in [2.45, 2.75) is 38.3 Å². The number of benzene rings is 1. The molecule has 0 aromatic heterocycles. The number of likely N-dealkylation sites (tertiary alicyclic amines) is 1. The van der Waals surface area contributed by atoms with Crippen LogP contribution in [-0.4, -0.2) is 52.7 Å². The van der Waals surface area contributed by atoms with Crippen molar-refractivity contribution >= 4 is 11.9 Å². The Morgan fingerprint density at radius 3 is 2.00 bits per heavy atom. The van der Waals surface area contributed by atoms with Crippen molar-refractivity contribution in [3.63, 3.8) is 0 Å². The van der Waals surface area contributed by atoms with Crippen LogP contribution in [0.15, 0.2) is 30.3 Å². The SMILES string of the molecule is O=C(O)COC1CCCC(OCC(=O)O)N1Cc1ccccc1. The number of nitrogens with zero attached hydrogens (tertiary/aromatic N) is 1. The minimum Gasteiger partial charge on any atom is -0.480 e. The van der Waals surface area contributed by atoms with Crippen LogP contribution in [0.1, 0.15) is 24.8 Å². The minimum absolute atomic E-state index is 0.387. The number of rotatable bonds is 8. The normalized spacial score (nSPS) is 21.9. The van der Waals surface area contributed by atoms with E-state index in [1.54, 1.807) is 0 Å². The van der Waals surface area contributed by atoms with E-state index >= 15 is 0 Å². The zero-order valence-electron chi connectivity index (χ0n) is 12.8. The van der Waals surface area contributed by atoms with Gasteiger partial charge in [-0.15, -0.1) is 0 Å². The molecule has 2 unspecified atom stereocenters. The Balaban J connectivity index is 2.08. The van der Waals surface area contributed by atoms with Gasteiger partial charge in [0.2, 0.25) is 0 Å². The summed E-state index contributed by atoms with van der Waals surface area (Å²) in [6.45, 7) is -0.265. The molecule has 1 aromatic rings. The van der Waals surface area contributed by atoms with Crippen molar-refractivity contribution in [2.24, 2.45) is 0 Å². The summed E-state index contributed by atoms with van der Waals surface area (Å²) < 4.78 is 10.9. The highest BCUT2D eigenvalue weighted by Gasteiger charge is 2.32. The molecule has 1 aromatic carbocycles. The molecule has 0 radical (unpaired) electrons. The standard InChI is InChI=1S/C16H21NO6/c18-15(19)10-22-13-7-4-8-14(23-11-16(20)21)17(13)9-12-5-2-1-3-6-12/h1-3,5-6,13-14H,4,7-11H2,(H,18,19)(H,20,21). The van der Waals surface area contributed by atoms with Crippen LogP contribution in [0.5, 0.6) is 0 Å². The van der Waals surface area contributed by atoms with Gasteiger partial charge in [0.1, 0.15) is 25.7 Å². The molecule has 1 saturated heterocycles. The van der Waals surface area contributed by atoms with E-state index in [1.807, 2.05) is 35.2 Å². The monoisotopic (exact) mass is 323 g/mol. The van der Waals surface area contributed by atoms with E-state index in [0.717, 1.165) is 12.0 Å². The minimum atomic E-state index is -1.03. The van der Waals surface area contributed by atoms with Gasteiger partial charge in [0, 0.05) is 6.54 Å². The summed E-state index contributed by atoms with van der Waals surface area (Å²) >= 11 is 0. The fraction of sp³-hybridized carbons (Fsp3) is 0.500. The molecule has 2 rings (SSSR count). The number of carbonyl (C=O) groups is 2. The average molecular weight is 323 g/mol. The summed E-state index contributed by atoms with van der Waals surface area (Å²) in [6, 6.07) is 9.66. The number of hydrogen-bond donors (Lipinski definition) is 2. The van der Waals surface area contributed by atoms with Crippen LogP contribution >= 0.6 is 0 Å². The summed E-state index contributed by atoms with van der Waals surface area (Å²) in [5, 5.41) is 17.6. The van der Waals surface area contributed by atoms with E-state index in [9.17, 15) is 9.59 Å². The number of ether oxygens (including phenoxy) is 2. The Labute approximate surface area is 134 Å². The molecule has 1 aliphatic heterocycles. The highest BCUT2D eigenvalue weighted by molar-refractivity contribution is 5.68. The molecular weight excluding hydrogens is 302 g/mol. The molecule has 126 valence electrons. The maximum absolute atomic E-state index is 10.8. The van der Waals surface area contributed by atoms with Gasteiger partial charge in [-0.2, -0.15) is 0 Å². The molecule has 1 heterocycles. The highest BCUT2D eigenvalue weighted by atomic mass is 16.6. The van der Waals surface area contributed by atoms with Crippen molar-refractivity contribution in [1.29, 1.82) is 0 Å². The zero-order valence-corrected chi connectivity index (χ0v) is 12.8. The highest BCUT2D eigenvalue weighted by Crippen LogP contribution is 2.26. The van der Waals surface area contributed by atoms with Gasteiger partial charge in [-0.1, -0.05) is 30.3 Å². The fourth-order valence-electron chi connectivity index (χ4n) is 2.68. The second kappa shape index (κ2) is 8.61. The van der Waals surface area contributed by atoms with Crippen molar-refractivity contribution in [3.8, 4) is 0 Å². The van der Waals surface area contributed by atoms with Crippen molar-refractivity contribution in [1.82, 2.24) is 4.90 Å². The van der Waals surface area contributed by atoms with Crippen LogP contribution in [-0.2, 0) is 25.6 Å². The Morgan fingerprint density at radius 1 is 1.00 bits per heavy atom. The van der Waals surface area contributed by atoms with Gasteiger partial charge in [-0.05, 0) is 24.8 Å². The predicted molar refractivity (Wildman–Crippen MR) is 80.6 cm³/mol. The Kier molecular flexibility index (Phi) is 6.52. The van der Waals surface area contributed by atoms with Crippen LogP contribution in [0.4, 0.5) is 0 Å². The average Bonchev–Trinajstić information content (AvgIpc) is 2.53. The first-order valence-corrected chi connectivity index (χ1v) is 7.52. The summed E-state index contributed by atoms with van der Waals surface area (Å²) in [5.74, 6) is -2.06. The van der Waals surface area contributed by atoms with Gasteiger partial charge in [0.25, 0.3) is 0 Å². The molecule has 1 aliphatic rings. The lowest BCUT2D eigenvalue weighted by atomic mass is 10.1. The first-order valence-electron chi connectivity index (χ1n) is 7.52. The number of carboxylic acids is 2. The van der Waals surface area contributed by atoms with Crippen LogP contribution < -0.4 is 0 Å². The van der Waals surface area contributed by atoms with Crippen molar-refractivity contribution in [3.05, 3.63) is 35.9 Å². The van der Waals surface area contributed by atoms with Gasteiger partial charge >= 0.3 is 11.9 Å². The molecular formula is C16H21NO6. The van der Waals surface area contributed by atoms with Crippen LogP contribution in [0.2, 0.25) is 0 Å². The fourth-order valence-corrected chi connectivity index (χ4v) is 2.68. The van der Waals surface area contributed by atoms with E-state index < -0.39 is 24.4 Å². The summed E-state index contributed by atoms with van der Waals surface area (Å²) in [5.41, 5.74) is 1.03. The summed E-state index contributed by atoms with van der Waals surface area (Å²) in [7, 11) is 0. The van der Waals surface area contributed by atoms with E-state index in [-0.39, 0.29) is 13.2 Å². The smallest absolute Gasteiger partial charge is 0.329 e. The lowest BCUT2D eigenvalue weighted by Crippen LogP contribution is -2.49. The largest absolute Gasteiger partial charge is 0.480 e. The maximum atomic E-state index is 10.8. The Bertz CT molecular complexity index is 495. The van der Waals surface area contributed by atoms with E-state index in [0.29, 0.717) is 19.4 Å². The van der Waals surface area contributed by atoms with Crippen LogP contribution in [0.25, 0.3) is 0 Å². The molecule has 23 heavy (non-hydrogen) atoms. The molecule has 0 amide bonds. The number of carboxylic acid groups (broad SMARTS) is 2. The van der Waals surface area contributed by atoms with Crippen LogP contribution in [0.3, 0.4) is 0 Å². The second-order valence-corrected chi connectivity index (χ2v) is 5.41. The topological polar surface area (TPSA) is 96.3 Å². The number of piperidine rings is 1. The van der Waals surface area contributed by atoms with E-state index in [4.69, 9.17) is 19.7 Å². The van der Waals surface area contributed by atoms with Gasteiger partial charge in [0.05, 0.1) is 0 Å². The summed E-state index contributed by atoms with van der Waals surface area (Å²) in [6.07, 6.45) is 1.36. The first kappa shape index (κ1) is 17.4. The number of aliphatic carboxylic acids is 2. The maximum Gasteiger partial charge on any atom is 0.329 e. The van der Waals surface area contributed by atoms with E-state index in [2.05, 4.69) is 0 Å². The lowest BCUT2D eigenvalue weighted by Gasteiger charge is -2.41. The third kappa shape index (κ3) is 5.63. The Hall–Kier alpha value is -1.96. The molecule has 0 saturated carbocycles. The molecule has 7 nitrogen and oxygen atoms in total. The molecule has 2 N–H and O–H groups in total. The van der Waals surface area contributed by atoms with Crippen molar-refractivity contribution in [2.75, 3.05) is 13.2 Å². The lowest BCUT2D eigenvalue weighted by molar-refractivity contribution is -0.193. The first-order chi connectivity index (χ1) is 11.1. The van der Waals surface area contributed by atoms with Gasteiger partial charge in [-0.3, -0.25) is 0 Å². The zero-order chi connectivity index (χ0) is 16.7. The summed E-state index contributed by atoms with van der Waals surface area (Å²) in [4.78, 5) is 23.4. The third-order valence-electron chi connectivity index (χ3n) is 3.65. The molecule has 0 spiro atoms. The predicted octanol–water partition coefficient (Wildman–Crippen LogP) is 1.53. The van der Waals surface area contributed by atoms with Crippen LogP contribution in [0, 0.1) is 0 Å². The Morgan fingerprint density at radius 2 is 1.52 bits per heavy atom. The van der Waals surface area contributed by atoms with Gasteiger partial charge in [0.15, 0.2) is 0 Å². The number of hydrogen-bond acceptors (Lipinski definition) is 5. The molecule has 2 atom stereocenters. The third-order valence-corrected chi connectivity index (χ3v) is 3.65. The van der Waals surface area contributed by atoms with Gasteiger partial charge < -0.3 is 19.7 Å². The van der Waals surface area contributed by atoms with E-state index in [1.165, 1.54) is 0 Å².